The lowest BCUT2D eigenvalue weighted by molar-refractivity contribution is 0.146. The van der Waals surface area contributed by atoms with E-state index >= 15 is 0 Å². The van der Waals surface area contributed by atoms with E-state index in [4.69, 9.17) is 0 Å². The normalized spacial score (nSPS) is 11.0. The smallest absolute Gasteiger partial charge is 0.266 e. The van der Waals surface area contributed by atoms with Gasteiger partial charge < -0.3 is 0 Å². The molecule has 0 bridgehead atoms. The molecule has 0 aliphatic rings. The van der Waals surface area contributed by atoms with Gasteiger partial charge in [-0.1, -0.05) is 6.07 Å². The second-order valence-electron chi connectivity index (χ2n) is 3.44. The van der Waals surface area contributed by atoms with E-state index in [9.17, 15) is 13.2 Å². The van der Waals surface area contributed by atoms with Gasteiger partial charge in [-0.25, -0.2) is 13.2 Å². The summed E-state index contributed by atoms with van der Waals surface area (Å²) in [6.45, 7) is 0. The van der Waals surface area contributed by atoms with Crippen LogP contribution >= 0.6 is 0 Å². The van der Waals surface area contributed by atoms with Gasteiger partial charge in [-0.3, -0.25) is 5.10 Å². The third-order valence-corrected chi connectivity index (χ3v) is 2.26. The highest BCUT2D eigenvalue weighted by molar-refractivity contribution is 5.29. The van der Waals surface area contributed by atoms with E-state index in [2.05, 4.69) is 10.2 Å². The van der Waals surface area contributed by atoms with Gasteiger partial charge in [0.1, 0.15) is 5.82 Å². The number of nitrogens with one attached hydrogen (secondary N) is 1. The fourth-order valence-corrected chi connectivity index (χ4v) is 1.48. The molecule has 84 valence electrons. The van der Waals surface area contributed by atoms with Crippen molar-refractivity contribution in [3.8, 4) is 0 Å². The van der Waals surface area contributed by atoms with Crippen LogP contribution in [0.4, 0.5) is 13.2 Å². The molecule has 2 aromatic rings. The number of aromatic amines is 1. The fraction of sp³-hybridized carbons (Fsp3) is 0.182. The Morgan fingerprint density at radius 2 is 2.06 bits per heavy atom. The van der Waals surface area contributed by atoms with Crippen molar-refractivity contribution in [1.29, 1.82) is 0 Å². The van der Waals surface area contributed by atoms with Crippen LogP contribution in [-0.2, 0) is 6.42 Å². The van der Waals surface area contributed by atoms with Gasteiger partial charge in [-0.15, -0.1) is 0 Å². The molecule has 0 spiro atoms. The van der Waals surface area contributed by atoms with E-state index in [0.717, 1.165) is 11.6 Å². The Bertz CT molecular complexity index is 466. The minimum Gasteiger partial charge on any atom is -0.285 e. The number of benzene rings is 1. The molecule has 1 N–H and O–H groups in total. The fourth-order valence-electron chi connectivity index (χ4n) is 1.48. The molecular formula is C11H9F3N2. The maximum atomic E-state index is 13.0. The standard InChI is InChI=1S/C11H9F3N2/c12-10-2-1-7(4-9(10)11(13)14)3-8-5-15-16-6-8/h1-2,4-6,11H,3H2,(H,15,16). The Labute approximate surface area is 90.1 Å². The quantitative estimate of drug-likeness (QED) is 0.856. The second-order valence-corrected chi connectivity index (χ2v) is 3.44. The summed E-state index contributed by atoms with van der Waals surface area (Å²) in [6.07, 6.45) is 0.942. The highest BCUT2D eigenvalue weighted by Crippen LogP contribution is 2.23. The molecule has 0 atom stereocenters. The maximum absolute atomic E-state index is 13.0. The molecule has 0 aliphatic heterocycles. The van der Waals surface area contributed by atoms with Crippen molar-refractivity contribution >= 4 is 0 Å². The maximum Gasteiger partial charge on any atom is 0.266 e. The molecule has 16 heavy (non-hydrogen) atoms. The topological polar surface area (TPSA) is 28.7 Å². The summed E-state index contributed by atoms with van der Waals surface area (Å²) < 4.78 is 37.9. The van der Waals surface area contributed by atoms with Gasteiger partial charge in [0.05, 0.1) is 11.8 Å². The number of aromatic nitrogens is 2. The molecule has 0 saturated carbocycles. The number of halogens is 3. The first-order valence-electron chi connectivity index (χ1n) is 4.71. The van der Waals surface area contributed by atoms with Gasteiger partial charge >= 0.3 is 0 Å². The molecule has 0 saturated heterocycles. The Hall–Kier alpha value is -1.78. The van der Waals surface area contributed by atoms with Crippen molar-refractivity contribution in [2.24, 2.45) is 0 Å². The van der Waals surface area contributed by atoms with Crippen LogP contribution in [0.15, 0.2) is 30.6 Å². The molecule has 1 heterocycles. The lowest BCUT2D eigenvalue weighted by atomic mass is 10.0. The highest BCUT2D eigenvalue weighted by Gasteiger charge is 2.13. The molecule has 0 radical (unpaired) electrons. The zero-order chi connectivity index (χ0) is 11.5. The molecule has 2 nitrogen and oxygen atoms in total. The van der Waals surface area contributed by atoms with Crippen LogP contribution in [0.3, 0.4) is 0 Å². The van der Waals surface area contributed by atoms with Crippen molar-refractivity contribution in [2.45, 2.75) is 12.8 Å². The Balaban J connectivity index is 2.26. The Kier molecular flexibility index (Phi) is 2.94. The van der Waals surface area contributed by atoms with Crippen LogP contribution in [-0.4, -0.2) is 10.2 Å². The summed E-state index contributed by atoms with van der Waals surface area (Å²) in [5.41, 5.74) is 0.950. The number of hydrogen-bond donors (Lipinski definition) is 1. The lowest BCUT2D eigenvalue weighted by Crippen LogP contribution is -1.94. The number of rotatable bonds is 3. The van der Waals surface area contributed by atoms with Gasteiger partial charge in [-0.05, 0) is 23.3 Å². The Morgan fingerprint density at radius 3 is 2.69 bits per heavy atom. The van der Waals surface area contributed by atoms with Gasteiger partial charge in [0.25, 0.3) is 6.43 Å². The monoisotopic (exact) mass is 226 g/mol. The predicted molar refractivity (Wildman–Crippen MR) is 52.8 cm³/mol. The number of hydrogen-bond acceptors (Lipinski definition) is 1. The zero-order valence-electron chi connectivity index (χ0n) is 8.25. The van der Waals surface area contributed by atoms with Crippen molar-refractivity contribution in [2.75, 3.05) is 0 Å². The van der Waals surface area contributed by atoms with Crippen molar-refractivity contribution in [3.63, 3.8) is 0 Å². The van der Waals surface area contributed by atoms with Gasteiger partial charge in [0.2, 0.25) is 0 Å². The van der Waals surface area contributed by atoms with Crippen LogP contribution in [0.5, 0.6) is 0 Å². The average molecular weight is 226 g/mol. The van der Waals surface area contributed by atoms with E-state index in [1.807, 2.05) is 0 Å². The summed E-state index contributed by atoms with van der Waals surface area (Å²) >= 11 is 0. The average Bonchev–Trinajstić information content (AvgIpc) is 2.73. The summed E-state index contributed by atoms with van der Waals surface area (Å²) in [6, 6.07) is 3.75. The summed E-state index contributed by atoms with van der Waals surface area (Å²) in [5.74, 6) is -0.869. The first-order valence-corrected chi connectivity index (χ1v) is 4.71. The summed E-state index contributed by atoms with van der Waals surface area (Å²) in [7, 11) is 0. The molecule has 5 heteroatoms. The number of nitrogens with zero attached hydrogens (tertiary/aromatic N) is 1. The SMILES string of the molecule is Fc1ccc(Cc2cn[nH]c2)cc1C(F)F. The van der Waals surface area contributed by atoms with Gasteiger partial charge in [0, 0.05) is 12.6 Å². The van der Waals surface area contributed by atoms with Crippen LogP contribution < -0.4 is 0 Å². The van der Waals surface area contributed by atoms with Crippen molar-refractivity contribution in [1.82, 2.24) is 10.2 Å². The van der Waals surface area contributed by atoms with Crippen LogP contribution in [0.25, 0.3) is 0 Å². The van der Waals surface area contributed by atoms with E-state index in [-0.39, 0.29) is 0 Å². The Morgan fingerprint density at radius 1 is 1.25 bits per heavy atom. The predicted octanol–water partition coefficient (Wildman–Crippen LogP) is 3.08. The number of alkyl halides is 2. The van der Waals surface area contributed by atoms with E-state index < -0.39 is 17.8 Å². The molecule has 0 aliphatic carbocycles. The molecule has 1 aromatic heterocycles. The molecular weight excluding hydrogens is 217 g/mol. The third kappa shape index (κ3) is 2.24. The lowest BCUT2D eigenvalue weighted by Gasteiger charge is -2.05. The van der Waals surface area contributed by atoms with Gasteiger partial charge in [0.15, 0.2) is 0 Å². The van der Waals surface area contributed by atoms with Crippen molar-refractivity contribution < 1.29 is 13.2 Å². The van der Waals surface area contributed by atoms with E-state index in [0.29, 0.717) is 12.0 Å². The molecule has 1 aromatic carbocycles. The van der Waals surface area contributed by atoms with E-state index in [1.54, 1.807) is 12.4 Å². The van der Waals surface area contributed by atoms with Crippen LogP contribution in [0.1, 0.15) is 23.1 Å². The first-order chi connectivity index (χ1) is 7.66. The second kappa shape index (κ2) is 4.38. The van der Waals surface area contributed by atoms with Crippen LogP contribution in [0, 0.1) is 5.82 Å². The van der Waals surface area contributed by atoms with E-state index in [1.165, 1.54) is 12.1 Å². The highest BCUT2D eigenvalue weighted by atomic mass is 19.3. The molecule has 0 amide bonds. The van der Waals surface area contributed by atoms with Gasteiger partial charge in [-0.2, -0.15) is 5.10 Å². The number of H-pyrrole nitrogens is 1. The first kappa shape index (κ1) is 10.7. The summed E-state index contributed by atoms with van der Waals surface area (Å²) in [5, 5.41) is 6.37. The minimum absolute atomic E-state index is 0.455. The largest absolute Gasteiger partial charge is 0.285 e. The summed E-state index contributed by atoms with van der Waals surface area (Å²) in [4.78, 5) is 0. The third-order valence-electron chi connectivity index (χ3n) is 2.26. The minimum atomic E-state index is -2.79. The van der Waals surface area contributed by atoms with Crippen LogP contribution in [0.2, 0.25) is 0 Å². The van der Waals surface area contributed by atoms with Crippen molar-refractivity contribution in [3.05, 3.63) is 53.1 Å². The molecule has 2 rings (SSSR count). The molecule has 0 fully saturated rings. The zero-order valence-corrected chi connectivity index (χ0v) is 8.25. The molecule has 0 unspecified atom stereocenters.